The molecule has 1 saturated heterocycles. The van der Waals surface area contributed by atoms with E-state index in [0.717, 1.165) is 4.90 Å². The highest BCUT2D eigenvalue weighted by Gasteiger charge is 2.44. The van der Waals surface area contributed by atoms with Crippen molar-refractivity contribution in [2.24, 2.45) is 0 Å². The van der Waals surface area contributed by atoms with E-state index in [4.69, 9.17) is 21.4 Å². The van der Waals surface area contributed by atoms with Gasteiger partial charge >= 0.3 is 6.09 Å². The molecule has 1 aliphatic rings. The molecular formula is C12H15ClN2O5. The summed E-state index contributed by atoms with van der Waals surface area (Å²) < 4.78 is 4.98. The van der Waals surface area contributed by atoms with E-state index in [1.165, 1.54) is 19.2 Å². The maximum atomic E-state index is 10.9. The number of hydrogen-bond donors (Lipinski definition) is 3. The molecule has 1 amide bonds. The van der Waals surface area contributed by atoms with E-state index in [0.29, 0.717) is 0 Å². The van der Waals surface area contributed by atoms with E-state index in [1.54, 1.807) is 0 Å². The van der Waals surface area contributed by atoms with Crippen molar-refractivity contribution in [1.29, 1.82) is 0 Å². The molecule has 2 atom stereocenters. The van der Waals surface area contributed by atoms with Crippen LogP contribution < -0.4 is 4.74 Å². The van der Waals surface area contributed by atoms with Gasteiger partial charge in [0.15, 0.2) is 0 Å². The summed E-state index contributed by atoms with van der Waals surface area (Å²) in [5.74, 6) is 0.144. The summed E-state index contributed by atoms with van der Waals surface area (Å²) in [6.07, 6.45) is -2.36. The molecule has 2 heterocycles. The standard InChI is InChI=1S/C12H15ClN2O5/c1-20-10-7(13)2-3-8(14-10)12(19)4-5-15(11(17)18)6-9(12)16/h2-3,9,16,19H,4-6H2,1H3,(H,17,18)/t9-,12-/m0/s1. The number of methoxy groups -OCH3 is 1. The molecule has 0 unspecified atom stereocenters. The Morgan fingerprint density at radius 3 is 2.85 bits per heavy atom. The number of aliphatic hydroxyl groups excluding tert-OH is 1. The highest BCUT2D eigenvalue weighted by atomic mass is 35.5. The zero-order valence-corrected chi connectivity index (χ0v) is 11.5. The van der Waals surface area contributed by atoms with Crippen molar-refractivity contribution in [3.05, 3.63) is 22.8 Å². The van der Waals surface area contributed by atoms with Crippen LogP contribution in [-0.2, 0) is 5.60 Å². The molecule has 8 heteroatoms. The van der Waals surface area contributed by atoms with Gasteiger partial charge in [-0.1, -0.05) is 11.6 Å². The SMILES string of the molecule is COc1nc([C@@]2(O)CCN(C(=O)O)C[C@@H]2O)ccc1Cl. The van der Waals surface area contributed by atoms with E-state index < -0.39 is 17.8 Å². The third kappa shape index (κ3) is 2.52. The molecule has 20 heavy (non-hydrogen) atoms. The molecule has 0 bridgehead atoms. The summed E-state index contributed by atoms with van der Waals surface area (Å²) in [6, 6.07) is 3.00. The number of nitrogens with zero attached hydrogens (tertiary/aromatic N) is 2. The number of β-amino-alcohol motifs (C(OH)–C–C–N with tert-alkyl or cyclic N) is 1. The number of halogens is 1. The van der Waals surface area contributed by atoms with E-state index in [9.17, 15) is 15.0 Å². The minimum atomic E-state index is -1.62. The van der Waals surface area contributed by atoms with Gasteiger partial charge in [-0.25, -0.2) is 9.78 Å². The van der Waals surface area contributed by atoms with Crippen LogP contribution in [0.25, 0.3) is 0 Å². The average Bonchev–Trinajstić information content (AvgIpc) is 2.42. The van der Waals surface area contributed by atoms with Gasteiger partial charge in [-0.15, -0.1) is 0 Å². The van der Waals surface area contributed by atoms with Gasteiger partial charge in [-0.2, -0.15) is 0 Å². The Balaban J connectivity index is 2.29. The number of likely N-dealkylation sites (tertiary alicyclic amines) is 1. The molecule has 1 aromatic rings. The van der Waals surface area contributed by atoms with Crippen molar-refractivity contribution < 1.29 is 24.9 Å². The number of carboxylic acid groups (broad SMARTS) is 1. The largest absolute Gasteiger partial charge is 0.480 e. The molecule has 0 saturated carbocycles. The van der Waals surface area contributed by atoms with Crippen LogP contribution in [0.3, 0.4) is 0 Å². The fourth-order valence-electron chi connectivity index (χ4n) is 2.20. The topological polar surface area (TPSA) is 103 Å². The highest BCUT2D eigenvalue weighted by molar-refractivity contribution is 6.31. The van der Waals surface area contributed by atoms with Crippen molar-refractivity contribution in [2.75, 3.05) is 20.2 Å². The van der Waals surface area contributed by atoms with Crippen LogP contribution >= 0.6 is 11.6 Å². The summed E-state index contributed by atoms with van der Waals surface area (Å²) in [6.45, 7) is -0.0754. The van der Waals surface area contributed by atoms with Gasteiger partial charge in [0, 0.05) is 13.0 Å². The van der Waals surface area contributed by atoms with Gasteiger partial charge in [0.05, 0.1) is 19.3 Å². The number of aliphatic hydroxyl groups is 2. The zero-order valence-electron chi connectivity index (χ0n) is 10.8. The van der Waals surface area contributed by atoms with Crippen molar-refractivity contribution in [2.45, 2.75) is 18.1 Å². The molecule has 1 fully saturated rings. The van der Waals surface area contributed by atoms with Crippen LogP contribution in [0, 0.1) is 0 Å². The lowest BCUT2D eigenvalue weighted by Crippen LogP contribution is -2.55. The third-order valence-electron chi connectivity index (χ3n) is 3.43. The van der Waals surface area contributed by atoms with E-state index in [1.807, 2.05) is 0 Å². The van der Waals surface area contributed by atoms with Crippen molar-refractivity contribution in [3.8, 4) is 5.88 Å². The fraction of sp³-hybridized carbons (Fsp3) is 0.500. The van der Waals surface area contributed by atoms with Gasteiger partial charge in [0.1, 0.15) is 16.7 Å². The molecule has 0 aliphatic carbocycles. The Morgan fingerprint density at radius 1 is 1.60 bits per heavy atom. The van der Waals surface area contributed by atoms with E-state index >= 15 is 0 Å². The summed E-state index contributed by atoms with van der Waals surface area (Å²) >= 11 is 5.86. The molecule has 7 nitrogen and oxygen atoms in total. The molecule has 1 aliphatic heterocycles. The minimum absolute atomic E-state index is 0.0399. The van der Waals surface area contributed by atoms with E-state index in [-0.39, 0.29) is 36.1 Å². The van der Waals surface area contributed by atoms with E-state index in [2.05, 4.69) is 4.98 Å². The van der Waals surface area contributed by atoms with Gasteiger partial charge < -0.3 is 25.0 Å². The number of pyridine rings is 1. The van der Waals surface area contributed by atoms with Gasteiger partial charge in [0.25, 0.3) is 0 Å². The lowest BCUT2D eigenvalue weighted by molar-refractivity contribution is -0.122. The number of rotatable bonds is 2. The molecular weight excluding hydrogens is 288 g/mol. The lowest BCUT2D eigenvalue weighted by Gasteiger charge is -2.40. The average molecular weight is 303 g/mol. The smallest absolute Gasteiger partial charge is 0.407 e. The molecule has 0 spiro atoms. The second-order valence-electron chi connectivity index (χ2n) is 4.61. The molecule has 0 aromatic carbocycles. The third-order valence-corrected chi connectivity index (χ3v) is 3.72. The minimum Gasteiger partial charge on any atom is -0.480 e. The Hall–Kier alpha value is -1.57. The normalized spacial score (nSPS) is 26.4. The predicted octanol–water partition coefficient (Wildman–Crippen LogP) is 0.676. The monoisotopic (exact) mass is 302 g/mol. The molecule has 3 N–H and O–H groups in total. The first-order valence-corrected chi connectivity index (χ1v) is 6.35. The molecule has 2 rings (SSSR count). The molecule has 1 aromatic heterocycles. The Bertz CT molecular complexity index is 527. The van der Waals surface area contributed by atoms with Crippen molar-refractivity contribution >= 4 is 17.7 Å². The maximum Gasteiger partial charge on any atom is 0.407 e. The first-order valence-electron chi connectivity index (χ1n) is 5.98. The lowest BCUT2D eigenvalue weighted by atomic mass is 9.85. The van der Waals surface area contributed by atoms with Crippen LogP contribution in [0.4, 0.5) is 4.79 Å². The highest BCUT2D eigenvalue weighted by Crippen LogP contribution is 2.34. The van der Waals surface area contributed by atoms with Gasteiger partial charge in [0.2, 0.25) is 5.88 Å². The Labute approximate surface area is 120 Å². The molecule has 110 valence electrons. The zero-order chi connectivity index (χ0) is 14.9. The first kappa shape index (κ1) is 14.8. The van der Waals surface area contributed by atoms with Crippen LogP contribution in [-0.4, -0.2) is 57.6 Å². The quantitative estimate of drug-likeness (QED) is 0.742. The van der Waals surface area contributed by atoms with Crippen LogP contribution in [0.1, 0.15) is 12.1 Å². The number of carbonyl (C=O) groups is 1. The summed E-state index contributed by atoms with van der Waals surface area (Å²) in [5.41, 5.74) is -1.42. The van der Waals surface area contributed by atoms with Crippen LogP contribution in [0.5, 0.6) is 5.88 Å². The number of hydrogen-bond acceptors (Lipinski definition) is 5. The van der Waals surface area contributed by atoms with Gasteiger partial charge in [-0.3, -0.25) is 0 Å². The first-order chi connectivity index (χ1) is 9.38. The number of amides is 1. The van der Waals surface area contributed by atoms with Crippen LogP contribution in [0.15, 0.2) is 12.1 Å². The van der Waals surface area contributed by atoms with Crippen LogP contribution in [0.2, 0.25) is 5.02 Å². The second-order valence-corrected chi connectivity index (χ2v) is 5.01. The summed E-state index contributed by atoms with van der Waals surface area (Å²) in [4.78, 5) is 16.0. The van der Waals surface area contributed by atoms with Gasteiger partial charge in [-0.05, 0) is 12.1 Å². The fourth-order valence-corrected chi connectivity index (χ4v) is 2.39. The number of ether oxygens (including phenoxy) is 1. The van der Waals surface area contributed by atoms with Crippen molar-refractivity contribution in [1.82, 2.24) is 9.88 Å². The van der Waals surface area contributed by atoms with Crippen molar-refractivity contribution in [3.63, 3.8) is 0 Å². The predicted molar refractivity (Wildman–Crippen MR) is 69.9 cm³/mol. The number of piperidine rings is 1. The summed E-state index contributed by atoms with van der Waals surface area (Å²) in [5, 5.41) is 29.8. The number of aromatic nitrogens is 1. The molecule has 0 radical (unpaired) electrons. The Morgan fingerprint density at radius 2 is 2.30 bits per heavy atom. The Kier molecular flexibility index (Phi) is 4.03. The second kappa shape index (κ2) is 5.43. The summed E-state index contributed by atoms with van der Waals surface area (Å²) in [7, 11) is 1.39. The maximum absolute atomic E-state index is 10.9.